The number of primary amides is 1. The lowest BCUT2D eigenvalue weighted by Gasteiger charge is -2.49. The maximum absolute atomic E-state index is 14.0. The highest BCUT2D eigenvalue weighted by Crippen LogP contribution is 2.42. The second kappa shape index (κ2) is 17.9. The Hall–Kier alpha value is -6.23. The number of benzene rings is 4. The minimum absolute atomic E-state index is 0.00648. The number of halogens is 1. The van der Waals surface area contributed by atoms with Crippen molar-refractivity contribution in [1.82, 2.24) is 19.6 Å². The highest BCUT2D eigenvalue weighted by molar-refractivity contribution is 8.00. The van der Waals surface area contributed by atoms with Crippen molar-refractivity contribution in [3.8, 4) is 5.75 Å². The van der Waals surface area contributed by atoms with Crippen molar-refractivity contribution in [2.24, 2.45) is 10.9 Å². The van der Waals surface area contributed by atoms with Crippen LogP contribution in [0.1, 0.15) is 28.1 Å². The Morgan fingerprint density at radius 3 is 2.09 bits per heavy atom. The second-order valence-electron chi connectivity index (χ2n) is 12.9. The van der Waals surface area contributed by atoms with E-state index in [9.17, 15) is 19.2 Å². The summed E-state index contributed by atoms with van der Waals surface area (Å²) in [6, 6.07) is 35.5. The van der Waals surface area contributed by atoms with Crippen molar-refractivity contribution in [2.75, 3.05) is 30.7 Å². The number of nitrogens with two attached hydrogens (primary N) is 1. The molecular weight excluding hydrogens is 802 g/mol. The van der Waals surface area contributed by atoms with Gasteiger partial charge in [0.05, 0.1) is 7.11 Å². The van der Waals surface area contributed by atoms with Gasteiger partial charge in [0.25, 0.3) is 17.7 Å². The molecule has 3 amide bonds. The van der Waals surface area contributed by atoms with Gasteiger partial charge in [0.2, 0.25) is 16.7 Å². The van der Waals surface area contributed by atoms with Crippen LogP contribution in [0.2, 0.25) is 0 Å². The summed E-state index contributed by atoms with van der Waals surface area (Å²) in [5.41, 5.74) is 7.93. The van der Waals surface area contributed by atoms with Crippen molar-refractivity contribution in [3.05, 3.63) is 155 Å². The fourth-order valence-corrected chi connectivity index (χ4v) is 8.88. The lowest BCUT2D eigenvalue weighted by Crippen LogP contribution is -2.71. The molecule has 1 saturated heterocycles. The summed E-state index contributed by atoms with van der Waals surface area (Å²) in [6.07, 6.45) is 0. The number of hydrogen-bond donors (Lipinski definition) is 3. The van der Waals surface area contributed by atoms with Crippen LogP contribution in [-0.2, 0) is 40.9 Å². The minimum atomic E-state index is -1.07. The van der Waals surface area contributed by atoms with Gasteiger partial charge in [-0.15, -0.1) is 23.4 Å². The molecule has 4 N–H and O–H groups in total. The first-order valence-electron chi connectivity index (χ1n) is 17.8. The van der Waals surface area contributed by atoms with Crippen LogP contribution >= 0.6 is 34.9 Å². The molecule has 0 unspecified atom stereocenters. The number of aromatic nitrogens is 2. The third-order valence-corrected chi connectivity index (χ3v) is 11.6. The molecule has 296 valence electrons. The first-order chi connectivity index (χ1) is 28.2. The Balaban J connectivity index is 1.13. The van der Waals surface area contributed by atoms with Gasteiger partial charge in [-0.2, -0.15) is 9.36 Å². The van der Waals surface area contributed by atoms with Gasteiger partial charge in [0, 0.05) is 23.2 Å². The van der Waals surface area contributed by atoms with Gasteiger partial charge in [0.1, 0.15) is 35.0 Å². The molecule has 0 bridgehead atoms. The zero-order valence-electron chi connectivity index (χ0n) is 30.9. The van der Waals surface area contributed by atoms with Crippen LogP contribution in [0.3, 0.4) is 0 Å². The van der Waals surface area contributed by atoms with Gasteiger partial charge in [-0.3, -0.25) is 19.3 Å². The molecule has 0 radical (unpaired) electrons. The van der Waals surface area contributed by atoms with Crippen LogP contribution in [0.5, 0.6) is 5.75 Å². The minimum Gasteiger partial charge on any atom is -0.497 e. The van der Waals surface area contributed by atoms with Crippen molar-refractivity contribution in [1.29, 1.82) is 0 Å². The fourth-order valence-electron chi connectivity index (χ4n) is 6.58. The van der Waals surface area contributed by atoms with E-state index in [-0.39, 0.29) is 24.0 Å². The number of carbonyl (C=O) groups is 4. The maximum atomic E-state index is 14.0. The van der Waals surface area contributed by atoms with E-state index in [0.717, 1.165) is 28.2 Å². The SMILES string of the molecule is COc1ccc(COC(=O)C2=C(CCl)CS[C@@H]3[C@H](NC(=O)/C(=N\OCC(N)=O)c4nsc(NC(c5ccccc5)(c5ccccc5)c5ccccc5)n4)C(=O)N23)cc1. The number of thioether (sulfide) groups is 1. The van der Waals surface area contributed by atoms with E-state index in [4.69, 9.17) is 31.6 Å². The number of nitrogens with zero attached hydrogens (tertiary/aromatic N) is 4. The molecule has 2 aliphatic heterocycles. The average molecular weight is 838 g/mol. The summed E-state index contributed by atoms with van der Waals surface area (Å²) in [4.78, 5) is 63.8. The number of anilines is 1. The summed E-state index contributed by atoms with van der Waals surface area (Å²) in [7, 11) is 1.55. The Kier molecular flexibility index (Phi) is 12.4. The standard InChI is InChI=1S/C41H36ClN7O7S2/c1-54-30-19-17-25(18-20-30)22-55-39(53)34-26(21-42)24-57-38-33(37(52)49(34)38)44-36(51)32(47-56-23-31(43)50)35-45-40(58-48-35)46-41(27-11-5-2-6-12-27,28-13-7-3-8-14-28)29-15-9-4-10-16-29/h2-20,33,38H,21-24H2,1H3,(H2,43,50)(H,44,51)(H,45,46,48)/b47-32-/t33-,38-/m1/s1. The van der Waals surface area contributed by atoms with Gasteiger partial charge in [-0.1, -0.05) is 108 Å². The van der Waals surface area contributed by atoms with Gasteiger partial charge in [0.15, 0.2) is 6.61 Å². The topological polar surface area (TPSA) is 187 Å². The van der Waals surface area contributed by atoms with E-state index < -0.39 is 53.0 Å². The smallest absolute Gasteiger partial charge is 0.355 e. The molecule has 2 aliphatic rings. The van der Waals surface area contributed by atoms with E-state index in [0.29, 0.717) is 27.8 Å². The summed E-state index contributed by atoms with van der Waals surface area (Å²) in [6.45, 7) is -0.679. The molecule has 1 fully saturated rings. The largest absolute Gasteiger partial charge is 0.497 e. The number of fused-ring (bicyclic) bond motifs is 1. The third-order valence-electron chi connectivity index (χ3n) is 9.35. The Bertz CT molecular complexity index is 2250. The van der Waals surface area contributed by atoms with E-state index in [1.54, 1.807) is 31.4 Å². The van der Waals surface area contributed by atoms with Gasteiger partial charge in [-0.25, -0.2) is 4.79 Å². The number of rotatable bonds is 16. The quantitative estimate of drug-likeness (QED) is 0.0310. The monoisotopic (exact) mass is 837 g/mol. The number of alkyl halides is 1. The highest BCUT2D eigenvalue weighted by Gasteiger charge is 2.54. The highest BCUT2D eigenvalue weighted by atomic mass is 35.5. The van der Waals surface area contributed by atoms with Crippen LogP contribution in [0, 0.1) is 0 Å². The third kappa shape index (κ3) is 8.25. The summed E-state index contributed by atoms with van der Waals surface area (Å²) >= 11 is 8.53. The van der Waals surface area contributed by atoms with Crippen molar-refractivity contribution < 1.29 is 33.5 Å². The van der Waals surface area contributed by atoms with E-state index in [2.05, 4.69) is 25.1 Å². The molecule has 58 heavy (non-hydrogen) atoms. The fraction of sp³-hybridized carbons (Fsp3) is 0.195. The summed E-state index contributed by atoms with van der Waals surface area (Å²) in [5, 5.41) is 9.88. The van der Waals surface area contributed by atoms with Gasteiger partial charge in [-0.05, 0) is 40.0 Å². The molecule has 0 spiro atoms. The van der Waals surface area contributed by atoms with Crippen molar-refractivity contribution in [3.63, 3.8) is 0 Å². The molecule has 5 aromatic rings. The molecule has 14 nitrogen and oxygen atoms in total. The molecule has 7 rings (SSSR count). The number of nitrogens with one attached hydrogen (secondary N) is 2. The number of carbonyl (C=O) groups excluding carboxylic acids is 4. The van der Waals surface area contributed by atoms with E-state index in [1.807, 2.05) is 91.0 Å². The first-order valence-corrected chi connectivity index (χ1v) is 20.2. The van der Waals surface area contributed by atoms with Crippen LogP contribution < -0.4 is 21.1 Å². The van der Waals surface area contributed by atoms with Crippen molar-refractivity contribution in [2.45, 2.75) is 23.6 Å². The maximum Gasteiger partial charge on any atom is 0.355 e. The zero-order valence-corrected chi connectivity index (χ0v) is 33.3. The number of amides is 3. The van der Waals surface area contributed by atoms with Crippen LogP contribution in [-0.4, -0.2) is 80.4 Å². The number of ether oxygens (including phenoxy) is 2. The summed E-state index contributed by atoms with van der Waals surface area (Å²) < 4.78 is 15.2. The van der Waals surface area contributed by atoms with Crippen LogP contribution in [0.15, 0.2) is 132 Å². The predicted octanol–water partition coefficient (Wildman–Crippen LogP) is 4.79. The van der Waals surface area contributed by atoms with Crippen LogP contribution in [0.4, 0.5) is 5.13 Å². The second-order valence-corrected chi connectivity index (χ2v) is 15.1. The Labute approximate surface area is 346 Å². The van der Waals surface area contributed by atoms with E-state index >= 15 is 0 Å². The molecule has 4 aromatic carbocycles. The normalized spacial score (nSPS) is 16.5. The molecule has 3 heterocycles. The van der Waals surface area contributed by atoms with Gasteiger partial charge < -0.3 is 30.7 Å². The van der Waals surface area contributed by atoms with Crippen LogP contribution in [0.25, 0.3) is 0 Å². The predicted molar refractivity (Wildman–Crippen MR) is 220 cm³/mol. The lowest BCUT2D eigenvalue weighted by atomic mass is 9.77. The number of esters is 1. The lowest BCUT2D eigenvalue weighted by molar-refractivity contribution is -0.153. The Morgan fingerprint density at radius 2 is 1.53 bits per heavy atom. The number of oxime groups is 1. The molecule has 2 atom stereocenters. The molecular formula is C41H36ClN7O7S2. The number of methoxy groups -OCH3 is 1. The summed E-state index contributed by atoms with van der Waals surface area (Å²) in [5.74, 6) is -2.14. The first kappa shape index (κ1) is 40.0. The average Bonchev–Trinajstić information content (AvgIpc) is 3.73. The molecule has 0 aliphatic carbocycles. The Morgan fingerprint density at radius 1 is 0.931 bits per heavy atom. The van der Waals surface area contributed by atoms with E-state index in [1.165, 1.54) is 16.7 Å². The number of hydrogen-bond acceptors (Lipinski definition) is 13. The van der Waals surface area contributed by atoms with Crippen molar-refractivity contribution >= 4 is 69.4 Å². The molecule has 0 saturated carbocycles. The number of β-lactam (4-membered cyclic amide) rings is 1. The molecule has 17 heteroatoms. The zero-order chi connectivity index (χ0) is 40.6. The molecule has 1 aromatic heterocycles. The van der Waals surface area contributed by atoms with Gasteiger partial charge >= 0.3 is 5.97 Å².